The van der Waals surface area contributed by atoms with Crippen molar-refractivity contribution in [3.8, 4) is 0 Å². The van der Waals surface area contributed by atoms with Crippen LogP contribution in [0.25, 0.3) is 11.1 Å². The van der Waals surface area contributed by atoms with Gasteiger partial charge in [-0.25, -0.2) is 13.2 Å². The van der Waals surface area contributed by atoms with Gasteiger partial charge in [-0.15, -0.1) is 0 Å². The average Bonchev–Trinajstić information content (AvgIpc) is 3.30. The molecule has 1 unspecified atom stereocenters. The Bertz CT molecular complexity index is 1250. The van der Waals surface area contributed by atoms with E-state index < -0.39 is 15.8 Å². The Labute approximate surface area is 180 Å². The summed E-state index contributed by atoms with van der Waals surface area (Å²) < 4.78 is 40.2. The van der Waals surface area contributed by atoms with Gasteiger partial charge in [0, 0.05) is 24.6 Å². The molecule has 0 N–H and O–H groups in total. The van der Waals surface area contributed by atoms with Gasteiger partial charge in [0.2, 0.25) is 15.9 Å². The first-order valence-corrected chi connectivity index (χ1v) is 12.4. The van der Waals surface area contributed by atoms with Gasteiger partial charge in [-0.3, -0.25) is 4.57 Å². The molecule has 0 bridgehead atoms. The van der Waals surface area contributed by atoms with E-state index in [1.54, 1.807) is 16.4 Å². The summed E-state index contributed by atoms with van der Waals surface area (Å²) in [6, 6.07) is 4.61. The SMILES string of the molecule is CCC1CCCCN1S(=O)(=O)c1ccc2c(c1)oc(=O)n2Cc1noc(C2CCC2)n1. The molecular formula is C21H26N4O5S. The Kier molecular flexibility index (Phi) is 5.21. The molecule has 1 aromatic carbocycles. The highest BCUT2D eigenvalue weighted by atomic mass is 32.2. The van der Waals surface area contributed by atoms with Crippen molar-refractivity contribution in [3.05, 3.63) is 40.5 Å². The minimum absolute atomic E-state index is 0.00848. The number of piperidine rings is 1. The Balaban J connectivity index is 1.45. The van der Waals surface area contributed by atoms with Crippen LogP contribution in [0.1, 0.15) is 69.5 Å². The lowest BCUT2D eigenvalue weighted by atomic mass is 9.85. The first-order chi connectivity index (χ1) is 15.0. The molecule has 2 aromatic heterocycles. The molecule has 1 atom stereocenters. The normalized spacial score (nSPS) is 20.9. The van der Waals surface area contributed by atoms with E-state index in [4.69, 9.17) is 8.94 Å². The fraction of sp³-hybridized carbons (Fsp3) is 0.571. The average molecular weight is 447 g/mol. The van der Waals surface area contributed by atoms with Crippen molar-refractivity contribution >= 4 is 21.1 Å². The smallest absolute Gasteiger partial charge is 0.408 e. The molecule has 31 heavy (non-hydrogen) atoms. The predicted molar refractivity (Wildman–Crippen MR) is 112 cm³/mol. The van der Waals surface area contributed by atoms with Crippen LogP contribution in [-0.4, -0.2) is 40.0 Å². The molecule has 0 radical (unpaired) electrons. The number of benzene rings is 1. The highest BCUT2D eigenvalue weighted by molar-refractivity contribution is 7.89. The van der Waals surface area contributed by atoms with Crippen molar-refractivity contribution in [2.45, 2.75) is 75.3 Å². The number of rotatable bonds is 6. The Morgan fingerprint density at radius 1 is 1.16 bits per heavy atom. The van der Waals surface area contributed by atoms with Crippen molar-refractivity contribution in [1.82, 2.24) is 19.0 Å². The molecule has 3 heterocycles. The van der Waals surface area contributed by atoms with Crippen molar-refractivity contribution in [1.29, 1.82) is 0 Å². The van der Waals surface area contributed by atoms with Gasteiger partial charge < -0.3 is 8.94 Å². The van der Waals surface area contributed by atoms with E-state index in [2.05, 4.69) is 10.1 Å². The van der Waals surface area contributed by atoms with Crippen LogP contribution in [0.15, 0.2) is 36.8 Å². The molecule has 1 aliphatic carbocycles. The summed E-state index contributed by atoms with van der Waals surface area (Å²) in [5.74, 6) is 0.752. The Morgan fingerprint density at radius 2 is 2.00 bits per heavy atom. The molecule has 9 nitrogen and oxygen atoms in total. The second-order valence-electron chi connectivity index (χ2n) is 8.43. The molecular weight excluding hydrogens is 420 g/mol. The predicted octanol–water partition coefficient (Wildman–Crippen LogP) is 3.25. The number of hydrogen-bond acceptors (Lipinski definition) is 7. The highest BCUT2D eigenvalue weighted by Gasteiger charge is 2.33. The van der Waals surface area contributed by atoms with Crippen LogP contribution in [0.3, 0.4) is 0 Å². The van der Waals surface area contributed by atoms with Gasteiger partial charge in [-0.2, -0.15) is 9.29 Å². The summed E-state index contributed by atoms with van der Waals surface area (Å²) in [6.07, 6.45) is 6.80. The van der Waals surface area contributed by atoms with E-state index in [9.17, 15) is 13.2 Å². The van der Waals surface area contributed by atoms with Crippen LogP contribution in [0, 0.1) is 0 Å². The van der Waals surface area contributed by atoms with Gasteiger partial charge in [-0.05, 0) is 44.2 Å². The van der Waals surface area contributed by atoms with Gasteiger partial charge in [0.05, 0.1) is 17.0 Å². The van der Waals surface area contributed by atoms with E-state index >= 15 is 0 Å². The third kappa shape index (κ3) is 3.61. The number of sulfonamides is 1. The fourth-order valence-corrected chi connectivity index (χ4v) is 6.27. The maximum absolute atomic E-state index is 13.3. The largest absolute Gasteiger partial charge is 0.420 e. The first kappa shape index (κ1) is 20.4. The van der Waals surface area contributed by atoms with Gasteiger partial charge in [0.15, 0.2) is 11.4 Å². The molecule has 1 aliphatic heterocycles. The third-order valence-corrected chi connectivity index (χ3v) is 8.48. The number of aromatic nitrogens is 3. The molecule has 2 fully saturated rings. The second-order valence-corrected chi connectivity index (χ2v) is 10.3. The van der Waals surface area contributed by atoms with Gasteiger partial charge >= 0.3 is 5.76 Å². The summed E-state index contributed by atoms with van der Waals surface area (Å²) in [6.45, 7) is 2.64. The lowest BCUT2D eigenvalue weighted by Gasteiger charge is -2.34. The zero-order valence-corrected chi connectivity index (χ0v) is 18.3. The van der Waals surface area contributed by atoms with Crippen LogP contribution in [0.2, 0.25) is 0 Å². The number of nitrogens with zero attached hydrogens (tertiary/aromatic N) is 4. The lowest BCUT2D eigenvalue weighted by Crippen LogP contribution is -2.43. The van der Waals surface area contributed by atoms with Crippen molar-refractivity contribution in [2.75, 3.05) is 6.54 Å². The Morgan fingerprint density at radius 3 is 2.74 bits per heavy atom. The molecule has 10 heteroatoms. The van der Waals surface area contributed by atoms with Crippen LogP contribution in [0.5, 0.6) is 0 Å². The molecule has 0 spiro atoms. The van der Waals surface area contributed by atoms with Crippen LogP contribution in [0.4, 0.5) is 0 Å². The number of oxazole rings is 1. The standard InChI is InChI=1S/C21H26N4O5S/c1-2-15-8-3-4-11-25(15)31(27,28)16-9-10-17-18(12-16)29-21(26)24(17)13-19-22-20(30-23-19)14-6-5-7-14/h9-10,12,14-15H,2-8,11,13H2,1H3. The van der Waals surface area contributed by atoms with E-state index in [-0.39, 0.29) is 23.1 Å². The lowest BCUT2D eigenvalue weighted by molar-refractivity contribution is 0.246. The topological polar surface area (TPSA) is 111 Å². The monoisotopic (exact) mass is 446 g/mol. The maximum atomic E-state index is 13.3. The Hall–Kier alpha value is -2.46. The molecule has 0 amide bonds. The van der Waals surface area contributed by atoms with E-state index in [1.165, 1.54) is 10.6 Å². The van der Waals surface area contributed by atoms with Crippen molar-refractivity contribution in [3.63, 3.8) is 0 Å². The highest BCUT2D eigenvalue weighted by Crippen LogP contribution is 2.35. The van der Waals surface area contributed by atoms with Crippen LogP contribution in [-0.2, 0) is 16.6 Å². The molecule has 3 aromatic rings. The summed E-state index contributed by atoms with van der Waals surface area (Å²) in [5, 5.41) is 3.99. The third-order valence-electron chi connectivity index (χ3n) is 6.53. The molecule has 1 saturated carbocycles. The quantitative estimate of drug-likeness (QED) is 0.571. The molecule has 5 rings (SSSR count). The second kappa shape index (κ2) is 7.90. The summed E-state index contributed by atoms with van der Waals surface area (Å²) in [7, 11) is -3.66. The zero-order chi connectivity index (χ0) is 21.6. The van der Waals surface area contributed by atoms with Crippen LogP contribution >= 0.6 is 0 Å². The van der Waals surface area contributed by atoms with E-state index in [0.717, 1.165) is 44.9 Å². The van der Waals surface area contributed by atoms with Gasteiger partial charge in [-0.1, -0.05) is 24.9 Å². The number of hydrogen-bond donors (Lipinski definition) is 0. The minimum Gasteiger partial charge on any atom is -0.408 e. The summed E-state index contributed by atoms with van der Waals surface area (Å²) in [5.41, 5.74) is 0.739. The molecule has 2 aliphatic rings. The molecule has 166 valence electrons. The van der Waals surface area contributed by atoms with E-state index in [0.29, 0.717) is 29.7 Å². The van der Waals surface area contributed by atoms with Crippen molar-refractivity contribution < 1.29 is 17.4 Å². The fourth-order valence-electron chi connectivity index (χ4n) is 4.48. The van der Waals surface area contributed by atoms with Gasteiger partial charge in [0.25, 0.3) is 0 Å². The number of fused-ring (bicyclic) bond motifs is 1. The van der Waals surface area contributed by atoms with E-state index in [1.807, 2.05) is 6.92 Å². The maximum Gasteiger partial charge on any atom is 0.420 e. The summed E-state index contributed by atoms with van der Waals surface area (Å²) >= 11 is 0. The van der Waals surface area contributed by atoms with Crippen LogP contribution < -0.4 is 5.76 Å². The minimum atomic E-state index is -3.66. The van der Waals surface area contributed by atoms with Crippen molar-refractivity contribution in [2.24, 2.45) is 0 Å². The molecule has 1 saturated heterocycles. The first-order valence-electron chi connectivity index (χ1n) is 10.9. The zero-order valence-electron chi connectivity index (χ0n) is 17.5. The summed E-state index contributed by atoms with van der Waals surface area (Å²) in [4.78, 5) is 17.0. The van der Waals surface area contributed by atoms with Gasteiger partial charge in [0.1, 0.15) is 0 Å².